The SMILES string of the molecule is C=C1CCCC12C=CC(=O)C(C)=C2. The molecule has 0 amide bonds. The van der Waals surface area contributed by atoms with Gasteiger partial charge in [-0.05, 0) is 37.8 Å². The van der Waals surface area contributed by atoms with Gasteiger partial charge in [0.05, 0.1) is 0 Å². The minimum Gasteiger partial charge on any atom is -0.290 e. The molecule has 0 aromatic carbocycles. The summed E-state index contributed by atoms with van der Waals surface area (Å²) in [5, 5.41) is 0. The van der Waals surface area contributed by atoms with Crippen molar-refractivity contribution in [1.29, 1.82) is 0 Å². The zero-order valence-corrected chi connectivity index (χ0v) is 7.97. The molecule has 1 fully saturated rings. The molecule has 1 unspecified atom stereocenters. The summed E-state index contributed by atoms with van der Waals surface area (Å²) in [5.41, 5.74) is 2.15. The second-order valence-corrected chi connectivity index (χ2v) is 4.02. The lowest BCUT2D eigenvalue weighted by Crippen LogP contribution is -2.18. The molecule has 1 nitrogen and oxygen atoms in total. The molecule has 0 aromatic rings. The maximum absolute atomic E-state index is 11.3. The summed E-state index contributed by atoms with van der Waals surface area (Å²) in [7, 11) is 0. The van der Waals surface area contributed by atoms with Gasteiger partial charge in [-0.25, -0.2) is 0 Å². The topological polar surface area (TPSA) is 17.1 Å². The van der Waals surface area contributed by atoms with Gasteiger partial charge in [0.25, 0.3) is 0 Å². The molecule has 68 valence electrons. The summed E-state index contributed by atoms with van der Waals surface area (Å²) < 4.78 is 0. The molecule has 0 heterocycles. The van der Waals surface area contributed by atoms with Crippen molar-refractivity contribution >= 4 is 5.78 Å². The van der Waals surface area contributed by atoms with Crippen LogP contribution >= 0.6 is 0 Å². The lowest BCUT2D eigenvalue weighted by molar-refractivity contribution is -0.111. The Hall–Kier alpha value is -1.11. The first-order chi connectivity index (χ1) is 6.14. The van der Waals surface area contributed by atoms with Crippen molar-refractivity contribution in [2.45, 2.75) is 26.2 Å². The Balaban J connectivity index is 2.41. The van der Waals surface area contributed by atoms with Crippen molar-refractivity contribution in [1.82, 2.24) is 0 Å². The van der Waals surface area contributed by atoms with Crippen molar-refractivity contribution in [2.24, 2.45) is 5.41 Å². The van der Waals surface area contributed by atoms with Gasteiger partial charge in [0, 0.05) is 5.41 Å². The van der Waals surface area contributed by atoms with E-state index in [1.807, 2.05) is 13.0 Å². The van der Waals surface area contributed by atoms with Gasteiger partial charge in [-0.3, -0.25) is 4.79 Å². The van der Waals surface area contributed by atoms with E-state index in [1.54, 1.807) is 6.08 Å². The minimum absolute atomic E-state index is 0.0258. The lowest BCUT2D eigenvalue weighted by Gasteiger charge is -2.26. The van der Waals surface area contributed by atoms with Gasteiger partial charge in [-0.1, -0.05) is 24.3 Å². The van der Waals surface area contributed by atoms with Gasteiger partial charge in [-0.15, -0.1) is 0 Å². The molecule has 1 heteroatoms. The van der Waals surface area contributed by atoms with E-state index >= 15 is 0 Å². The Morgan fingerprint density at radius 3 is 2.85 bits per heavy atom. The molecule has 2 aliphatic rings. The van der Waals surface area contributed by atoms with Crippen LogP contribution in [0, 0.1) is 5.41 Å². The van der Waals surface area contributed by atoms with Crippen molar-refractivity contribution in [3.05, 3.63) is 36.0 Å². The van der Waals surface area contributed by atoms with Crippen LogP contribution in [0.3, 0.4) is 0 Å². The number of carbonyl (C=O) groups is 1. The van der Waals surface area contributed by atoms with E-state index in [1.165, 1.54) is 12.0 Å². The Morgan fingerprint density at radius 1 is 1.54 bits per heavy atom. The van der Waals surface area contributed by atoms with Crippen LogP contribution in [-0.4, -0.2) is 5.78 Å². The van der Waals surface area contributed by atoms with Crippen LogP contribution in [0.1, 0.15) is 26.2 Å². The van der Waals surface area contributed by atoms with Crippen LogP contribution in [0.2, 0.25) is 0 Å². The van der Waals surface area contributed by atoms with Gasteiger partial charge in [-0.2, -0.15) is 0 Å². The summed E-state index contributed by atoms with van der Waals surface area (Å²) in [5.74, 6) is 0.144. The molecule has 0 aromatic heterocycles. The minimum atomic E-state index is 0.0258. The highest BCUT2D eigenvalue weighted by atomic mass is 16.1. The molecular weight excluding hydrogens is 160 g/mol. The zero-order valence-electron chi connectivity index (χ0n) is 7.97. The quantitative estimate of drug-likeness (QED) is 0.516. The highest BCUT2D eigenvalue weighted by molar-refractivity contribution is 6.04. The number of hydrogen-bond acceptors (Lipinski definition) is 1. The van der Waals surface area contributed by atoms with E-state index in [9.17, 15) is 4.79 Å². The molecule has 0 saturated heterocycles. The van der Waals surface area contributed by atoms with Crippen LogP contribution in [0.4, 0.5) is 0 Å². The van der Waals surface area contributed by atoms with E-state index in [-0.39, 0.29) is 11.2 Å². The summed E-state index contributed by atoms with van der Waals surface area (Å²) in [6.45, 7) is 5.97. The number of ketones is 1. The van der Waals surface area contributed by atoms with Gasteiger partial charge in [0.15, 0.2) is 5.78 Å². The number of hydrogen-bond donors (Lipinski definition) is 0. The standard InChI is InChI=1S/C12H14O/c1-9-8-12(7-5-11(9)13)6-3-4-10(12)2/h5,7-8H,2-4,6H2,1H3. The Kier molecular flexibility index (Phi) is 1.76. The highest BCUT2D eigenvalue weighted by Crippen LogP contribution is 2.46. The number of allylic oxidation sites excluding steroid dienone is 5. The molecule has 1 saturated carbocycles. The fourth-order valence-corrected chi connectivity index (χ4v) is 2.24. The smallest absolute Gasteiger partial charge is 0.180 e. The summed E-state index contributed by atoms with van der Waals surface area (Å²) in [6.07, 6.45) is 9.23. The fourth-order valence-electron chi connectivity index (χ4n) is 2.24. The third-order valence-corrected chi connectivity index (χ3v) is 3.12. The monoisotopic (exact) mass is 174 g/mol. The molecular formula is C12H14O. The molecule has 2 aliphatic carbocycles. The predicted molar refractivity (Wildman–Crippen MR) is 53.3 cm³/mol. The van der Waals surface area contributed by atoms with E-state index < -0.39 is 0 Å². The molecule has 1 spiro atoms. The Morgan fingerprint density at radius 2 is 2.31 bits per heavy atom. The summed E-state index contributed by atoms with van der Waals surface area (Å²) in [6, 6.07) is 0. The van der Waals surface area contributed by atoms with Crippen LogP contribution in [0.5, 0.6) is 0 Å². The Labute approximate surface area is 78.8 Å². The highest BCUT2D eigenvalue weighted by Gasteiger charge is 2.35. The van der Waals surface area contributed by atoms with Crippen LogP contribution in [0.25, 0.3) is 0 Å². The van der Waals surface area contributed by atoms with E-state index in [4.69, 9.17) is 0 Å². The van der Waals surface area contributed by atoms with E-state index in [0.29, 0.717) is 0 Å². The summed E-state index contributed by atoms with van der Waals surface area (Å²) in [4.78, 5) is 11.3. The van der Waals surface area contributed by atoms with Crippen molar-refractivity contribution in [3.8, 4) is 0 Å². The van der Waals surface area contributed by atoms with Crippen LogP contribution in [-0.2, 0) is 4.79 Å². The molecule has 0 radical (unpaired) electrons. The van der Waals surface area contributed by atoms with Gasteiger partial charge in [0.1, 0.15) is 0 Å². The Bertz CT molecular complexity index is 333. The summed E-state index contributed by atoms with van der Waals surface area (Å²) >= 11 is 0. The van der Waals surface area contributed by atoms with E-state index in [2.05, 4.69) is 12.7 Å². The average Bonchev–Trinajstić information content (AvgIpc) is 2.42. The zero-order chi connectivity index (χ0) is 9.47. The molecule has 1 atom stereocenters. The molecule has 0 N–H and O–H groups in total. The molecule has 0 aliphatic heterocycles. The first-order valence-corrected chi connectivity index (χ1v) is 4.75. The van der Waals surface area contributed by atoms with Crippen molar-refractivity contribution in [2.75, 3.05) is 0 Å². The molecule has 13 heavy (non-hydrogen) atoms. The second-order valence-electron chi connectivity index (χ2n) is 4.02. The third-order valence-electron chi connectivity index (χ3n) is 3.12. The predicted octanol–water partition coefficient (Wildman–Crippen LogP) is 2.80. The number of carbonyl (C=O) groups excluding carboxylic acids is 1. The van der Waals surface area contributed by atoms with Crippen molar-refractivity contribution < 1.29 is 4.79 Å². The lowest BCUT2D eigenvalue weighted by atomic mass is 9.77. The maximum Gasteiger partial charge on any atom is 0.180 e. The largest absolute Gasteiger partial charge is 0.290 e. The second kappa shape index (κ2) is 2.69. The van der Waals surface area contributed by atoms with Gasteiger partial charge >= 0.3 is 0 Å². The first-order valence-electron chi connectivity index (χ1n) is 4.75. The molecule has 0 bridgehead atoms. The van der Waals surface area contributed by atoms with E-state index in [0.717, 1.165) is 18.4 Å². The molecule has 2 rings (SSSR count). The van der Waals surface area contributed by atoms with Crippen molar-refractivity contribution in [3.63, 3.8) is 0 Å². The van der Waals surface area contributed by atoms with Crippen LogP contribution < -0.4 is 0 Å². The van der Waals surface area contributed by atoms with Gasteiger partial charge in [0.2, 0.25) is 0 Å². The third kappa shape index (κ3) is 1.19. The average molecular weight is 174 g/mol. The number of rotatable bonds is 0. The first kappa shape index (κ1) is 8.49. The fraction of sp³-hybridized carbons (Fsp3) is 0.417. The normalized spacial score (nSPS) is 32.8. The van der Waals surface area contributed by atoms with Gasteiger partial charge < -0.3 is 0 Å². The van der Waals surface area contributed by atoms with Crippen LogP contribution in [0.15, 0.2) is 36.0 Å². The maximum atomic E-state index is 11.3.